The molecule has 0 radical (unpaired) electrons. The number of hydrogen-bond donors (Lipinski definition) is 2. The minimum atomic E-state index is 0.00857. The molecule has 0 aromatic rings. The van der Waals surface area contributed by atoms with E-state index in [1.165, 1.54) is 0 Å². The molecule has 0 bridgehead atoms. The molecule has 0 spiro atoms. The van der Waals surface area contributed by atoms with Crippen molar-refractivity contribution < 1.29 is 19.8 Å². The van der Waals surface area contributed by atoms with Crippen LogP contribution >= 0.6 is 0 Å². The fourth-order valence-corrected chi connectivity index (χ4v) is 1.71. The molecule has 0 saturated heterocycles. The predicted molar refractivity (Wildman–Crippen MR) is 81.4 cm³/mol. The number of hydrogen-bond acceptors (Lipinski definition) is 4. The summed E-state index contributed by atoms with van der Waals surface area (Å²) in [6.45, 7) is 9.16. The Labute approximate surface area is 121 Å². The van der Waals surface area contributed by atoms with Crippen LogP contribution < -0.4 is 0 Å². The highest BCUT2D eigenvalue weighted by Gasteiger charge is 2.26. The summed E-state index contributed by atoms with van der Waals surface area (Å²) in [5.74, 6) is 0.0290. The number of aliphatic hydroxyl groups excluding tert-OH is 2. The molecule has 1 aliphatic carbocycles. The Hall–Kier alpha value is -1.52. The summed E-state index contributed by atoms with van der Waals surface area (Å²) in [6.07, 6.45) is 2.54. The molecule has 0 aromatic heterocycles. The average Bonchev–Trinajstić information content (AvgIpc) is 2.47. The molecule has 1 rings (SSSR count). The average molecular weight is 282 g/mol. The Morgan fingerprint density at radius 1 is 0.850 bits per heavy atom. The van der Waals surface area contributed by atoms with Crippen LogP contribution in [0.5, 0.6) is 0 Å². The molecule has 2 N–H and O–H groups in total. The van der Waals surface area contributed by atoms with Crippen molar-refractivity contribution in [2.45, 2.75) is 41.0 Å². The van der Waals surface area contributed by atoms with Gasteiger partial charge in [0.15, 0.2) is 11.6 Å². The van der Waals surface area contributed by atoms with E-state index in [1.807, 2.05) is 19.9 Å². The van der Waals surface area contributed by atoms with Gasteiger partial charge >= 0.3 is 0 Å². The third-order valence-electron chi connectivity index (χ3n) is 3.03. The Bertz CT molecular complexity index is 447. The maximum atomic E-state index is 12.0. The molecule has 0 aliphatic heterocycles. The third kappa shape index (κ3) is 5.23. The molecule has 0 saturated carbocycles. The van der Waals surface area contributed by atoms with E-state index < -0.39 is 0 Å². The highest BCUT2D eigenvalue weighted by molar-refractivity contribution is 6.24. The van der Waals surface area contributed by atoms with Crippen molar-refractivity contribution in [2.24, 2.45) is 0 Å². The van der Waals surface area contributed by atoms with Crippen LogP contribution in [0.4, 0.5) is 0 Å². The quantitative estimate of drug-likeness (QED) is 0.602. The van der Waals surface area contributed by atoms with Gasteiger partial charge in [-0.2, -0.15) is 0 Å². The Kier molecular flexibility index (Phi) is 10.7. The van der Waals surface area contributed by atoms with E-state index in [-0.39, 0.29) is 11.6 Å². The van der Waals surface area contributed by atoms with Crippen LogP contribution in [-0.4, -0.2) is 36.0 Å². The summed E-state index contributed by atoms with van der Waals surface area (Å²) in [5.41, 5.74) is 3.58. The lowest BCUT2D eigenvalue weighted by atomic mass is 9.84. The van der Waals surface area contributed by atoms with Gasteiger partial charge in [0.25, 0.3) is 0 Å². The zero-order valence-electron chi connectivity index (χ0n) is 13.5. The molecular formula is C16H26O4. The van der Waals surface area contributed by atoms with Crippen molar-refractivity contribution in [1.82, 2.24) is 0 Å². The fraction of sp³-hybridized carbons (Fsp3) is 0.500. The maximum absolute atomic E-state index is 12.0. The second-order valence-electron chi connectivity index (χ2n) is 4.50. The first kappa shape index (κ1) is 20.8. The molecule has 4 nitrogen and oxygen atoms in total. The van der Waals surface area contributed by atoms with E-state index >= 15 is 0 Å². The van der Waals surface area contributed by atoms with Crippen LogP contribution in [0.25, 0.3) is 0 Å². The van der Waals surface area contributed by atoms with Gasteiger partial charge in [-0.25, -0.2) is 0 Å². The van der Waals surface area contributed by atoms with Gasteiger partial charge in [0.1, 0.15) is 0 Å². The Balaban J connectivity index is 0. The normalized spacial score (nSPS) is 14.2. The topological polar surface area (TPSA) is 74.6 Å². The number of carbonyl (C=O) groups is 2. The van der Waals surface area contributed by atoms with E-state index in [0.717, 1.165) is 19.8 Å². The van der Waals surface area contributed by atoms with Crippen molar-refractivity contribution in [3.63, 3.8) is 0 Å². The summed E-state index contributed by atoms with van der Waals surface area (Å²) in [4.78, 5) is 23.9. The van der Waals surface area contributed by atoms with E-state index in [0.29, 0.717) is 28.7 Å². The van der Waals surface area contributed by atoms with Crippen LogP contribution in [0.15, 0.2) is 33.9 Å². The molecule has 0 amide bonds. The van der Waals surface area contributed by atoms with Gasteiger partial charge in [0, 0.05) is 36.5 Å². The largest absolute Gasteiger partial charge is 0.400 e. The van der Waals surface area contributed by atoms with E-state index in [9.17, 15) is 9.59 Å². The first-order valence-electron chi connectivity index (χ1n) is 6.35. The van der Waals surface area contributed by atoms with Crippen LogP contribution in [0.3, 0.4) is 0 Å². The van der Waals surface area contributed by atoms with Gasteiger partial charge < -0.3 is 10.2 Å². The van der Waals surface area contributed by atoms with Crippen molar-refractivity contribution in [3.05, 3.63) is 33.9 Å². The van der Waals surface area contributed by atoms with Crippen LogP contribution in [-0.2, 0) is 9.59 Å². The zero-order valence-corrected chi connectivity index (χ0v) is 13.5. The lowest BCUT2D eigenvalue weighted by Gasteiger charge is -2.17. The van der Waals surface area contributed by atoms with Gasteiger partial charge in [-0.1, -0.05) is 11.6 Å². The zero-order chi connectivity index (χ0) is 16.5. The van der Waals surface area contributed by atoms with Crippen molar-refractivity contribution >= 4 is 11.6 Å². The molecule has 0 aromatic carbocycles. The van der Waals surface area contributed by atoms with Crippen LogP contribution in [0, 0.1) is 0 Å². The second kappa shape index (κ2) is 10.3. The summed E-state index contributed by atoms with van der Waals surface area (Å²) in [6, 6.07) is 0. The van der Waals surface area contributed by atoms with Crippen molar-refractivity contribution in [3.8, 4) is 0 Å². The number of Topliss-reactive ketones (excluding diaryl/α,β-unsaturated/α-hetero) is 2. The predicted octanol–water partition coefficient (Wildman–Crippen LogP) is 2.36. The van der Waals surface area contributed by atoms with Gasteiger partial charge in [0.05, 0.1) is 0 Å². The van der Waals surface area contributed by atoms with E-state index in [2.05, 4.69) is 0 Å². The monoisotopic (exact) mass is 282 g/mol. The molecule has 0 atom stereocenters. The van der Waals surface area contributed by atoms with Crippen molar-refractivity contribution in [1.29, 1.82) is 0 Å². The summed E-state index contributed by atoms with van der Waals surface area (Å²) >= 11 is 0. The minimum Gasteiger partial charge on any atom is -0.400 e. The van der Waals surface area contributed by atoms with Crippen LogP contribution in [0.1, 0.15) is 41.0 Å². The molecule has 114 valence electrons. The first-order chi connectivity index (χ1) is 9.36. The molecule has 0 heterocycles. The smallest absolute Gasteiger partial charge is 0.185 e. The van der Waals surface area contributed by atoms with E-state index in [1.54, 1.807) is 20.8 Å². The highest BCUT2D eigenvalue weighted by atomic mass is 16.2. The maximum Gasteiger partial charge on any atom is 0.185 e. The summed E-state index contributed by atoms with van der Waals surface area (Å²) in [5, 5.41) is 14.0. The number of aliphatic hydroxyl groups is 2. The number of allylic oxidation sites excluding steroid dienone is 6. The number of ketones is 2. The first-order valence-corrected chi connectivity index (χ1v) is 6.35. The molecule has 0 unspecified atom stereocenters. The lowest BCUT2D eigenvalue weighted by Crippen LogP contribution is -2.20. The standard InChI is InChI=1S/C14H18O2.2CH4O/c1-8(2)6-7-12-11(5)13(15)9(3)10(4)14(12)16;2*1-2/h6H,7H2,1-5H3;2*2H,1H3. The van der Waals surface area contributed by atoms with Gasteiger partial charge in [-0.05, 0) is 41.0 Å². The Morgan fingerprint density at radius 2 is 1.25 bits per heavy atom. The van der Waals surface area contributed by atoms with Crippen LogP contribution in [0.2, 0.25) is 0 Å². The second-order valence-corrected chi connectivity index (χ2v) is 4.50. The number of carbonyl (C=O) groups excluding carboxylic acids is 2. The summed E-state index contributed by atoms with van der Waals surface area (Å²) < 4.78 is 0. The fourth-order valence-electron chi connectivity index (χ4n) is 1.71. The van der Waals surface area contributed by atoms with Gasteiger partial charge in [-0.3, -0.25) is 9.59 Å². The lowest BCUT2D eigenvalue weighted by molar-refractivity contribution is -0.116. The molecule has 4 heteroatoms. The van der Waals surface area contributed by atoms with Gasteiger partial charge in [0.2, 0.25) is 0 Å². The SMILES string of the molecule is CC(C)=CCC1=C(C)C(=O)C(C)=C(C)C1=O.CO.CO. The molecule has 0 fully saturated rings. The molecule has 20 heavy (non-hydrogen) atoms. The molecule has 1 aliphatic rings. The highest BCUT2D eigenvalue weighted by Crippen LogP contribution is 2.26. The van der Waals surface area contributed by atoms with Gasteiger partial charge in [-0.15, -0.1) is 0 Å². The summed E-state index contributed by atoms with van der Waals surface area (Å²) in [7, 11) is 2.00. The number of rotatable bonds is 2. The molecular weight excluding hydrogens is 256 g/mol. The third-order valence-corrected chi connectivity index (χ3v) is 3.03. The van der Waals surface area contributed by atoms with Crippen molar-refractivity contribution in [2.75, 3.05) is 14.2 Å². The van der Waals surface area contributed by atoms with E-state index in [4.69, 9.17) is 10.2 Å². The minimum absolute atomic E-state index is 0.00857. The Morgan fingerprint density at radius 3 is 1.65 bits per heavy atom.